The van der Waals surface area contributed by atoms with Crippen LogP contribution in [0.4, 0.5) is 0 Å². The highest BCUT2D eigenvalue weighted by molar-refractivity contribution is 9.10. The van der Waals surface area contributed by atoms with Gasteiger partial charge in [-0.3, -0.25) is 9.38 Å². The lowest BCUT2D eigenvalue weighted by Gasteiger charge is -2.02. The Hall–Kier alpha value is -0.900. The standard InChI is InChI=1S/C9H8BrN3/c10-8-4-12-9-5-11-3-7(13(8)9)6-1-2-6/h3-6H,1-2H2. The van der Waals surface area contributed by atoms with Crippen LogP contribution in [0.3, 0.4) is 0 Å². The maximum atomic E-state index is 4.24. The lowest BCUT2D eigenvalue weighted by Crippen LogP contribution is -1.95. The zero-order valence-corrected chi connectivity index (χ0v) is 8.53. The SMILES string of the molecule is Brc1cnc2cncc(C3CC3)n12. The van der Waals surface area contributed by atoms with Crippen LogP contribution in [-0.2, 0) is 0 Å². The number of fused-ring (bicyclic) bond motifs is 1. The van der Waals surface area contributed by atoms with E-state index in [1.165, 1.54) is 18.5 Å². The summed E-state index contributed by atoms with van der Waals surface area (Å²) in [7, 11) is 0. The largest absolute Gasteiger partial charge is 0.288 e. The van der Waals surface area contributed by atoms with E-state index in [-0.39, 0.29) is 0 Å². The highest BCUT2D eigenvalue weighted by atomic mass is 79.9. The van der Waals surface area contributed by atoms with Gasteiger partial charge in [-0.1, -0.05) is 0 Å². The van der Waals surface area contributed by atoms with E-state index in [0.29, 0.717) is 5.92 Å². The molecular formula is C9H8BrN3. The van der Waals surface area contributed by atoms with Crippen molar-refractivity contribution in [2.75, 3.05) is 0 Å². The molecule has 0 atom stereocenters. The molecule has 1 saturated carbocycles. The van der Waals surface area contributed by atoms with Crippen LogP contribution in [0.2, 0.25) is 0 Å². The Bertz CT molecular complexity index is 459. The summed E-state index contributed by atoms with van der Waals surface area (Å²) < 4.78 is 3.15. The van der Waals surface area contributed by atoms with Gasteiger partial charge in [-0.25, -0.2) is 4.98 Å². The van der Waals surface area contributed by atoms with Crippen molar-refractivity contribution in [1.82, 2.24) is 14.4 Å². The third-order valence-corrected chi connectivity index (χ3v) is 2.96. The van der Waals surface area contributed by atoms with Gasteiger partial charge < -0.3 is 0 Å². The number of aromatic nitrogens is 3. The molecule has 0 amide bonds. The molecule has 2 aromatic rings. The van der Waals surface area contributed by atoms with Crippen LogP contribution in [0.5, 0.6) is 0 Å². The molecule has 0 aliphatic heterocycles. The molecule has 0 N–H and O–H groups in total. The third-order valence-electron chi connectivity index (χ3n) is 2.40. The highest BCUT2D eigenvalue weighted by Crippen LogP contribution is 2.40. The minimum Gasteiger partial charge on any atom is -0.288 e. The smallest absolute Gasteiger partial charge is 0.156 e. The first-order chi connectivity index (χ1) is 6.36. The van der Waals surface area contributed by atoms with Crippen molar-refractivity contribution < 1.29 is 0 Å². The Morgan fingerprint density at radius 2 is 2.15 bits per heavy atom. The number of nitrogens with zero attached hydrogens (tertiary/aromatic N) is 3. The molecule has 2 aromatic heterocycles. The van der Waals surface area contributed by atoms with Crippen molar-refractivity contribution in [1.29, 1.82) is 0 Å². The molecule has 0 unspecified atom stereocenters. The number of hydrogen-bond donors (Lipinski definition) is 0. The first kappa shape index (κ1) is 7.50. The monoisotopic (exact) mass is 237 g/mol. The van der Waals surface area contributed by atoms with Gasteiger partial charge in [-0.05, 0) is 28.8 Å². The van der Waals surface area contributed by atoms with Crippen molar-refractivity contribution >= 4 is 21.6 Å². The van der Waals surface area contributed by atoms with E-state index in [0.717, 1.165) is 10.3 Å². The molecule has 0 spiro atoms. The predicted molar refractivity (Wildman–Crippen MR) is 52.7 cm³/mol. The van der Waals surface area contributed by atoms with Crippen molar-refractivity contribution in [2.45, 2.75) is 18.8 Å². The molecule has 0 aromatic carbocycles. The fourth-order valence-corrected chi connectivity index (χ4v) is 2.08. The molecule has 3 nitrogen and oxygen atoms in total. The zero-order valence-electron chi connectivity index (χ0n) is 6.94. The van der Waals surface area contributed by atoms with Crippen molar-refractivity contribution in [3.05, 3.63) is 28.9 Å². The lowest BCUT2D eigenvalue weighted by molar-refractivity contribution is 0.929. The van der Waals surface area contributed by atoms with Gasteiger partial charge in [0.05, 0.1) is 12.4 Å². The first-order valence-electron chi connectivity index (χ1n) is 4.33. The summed E-state index contributed by atoms with van der Waals surface area (Å²) in [6.07, 6.45) is 8.12. The quantitative estimate of drug-likeness (QED) is 0.763. The van der Waals surface area contributed by atoms with E-state index in [2.05, 4.69) is 30.3 Å². The van der Waals surface area contributed by atoms with Gasteiger partial charge >= 0.3 is 0 Å². The minimum atomic E-state index is 0.696. The molecule has 0 radical (unpaired) electrons. The van der Waals surface area contributed by atoms with Gasteiger partial charge in [0.2, 0.25) is 0 Å². The molecule has 1 fully saturated rings. The number of halogens is 1. The van der Waals surface area contributed by atoms with Crippen LogP contribution in [0.25, 0.3) is 5.65 Å². The molecule has 0 bridgehead atoms. The number of hydrogen-bond acceptors (Lipinski definition) is 2. The molecule has 66 valence electrons. The summed E-state index contributed by atoms with van der Waals surface area (Å²) in [5.74, 6) is 0.696. The average Bonchev–Trinajstić information content (AvgIpc) is 2.92. The highest BCUT2D eigenvalue weighted by Gasteiger charge is 2.26. The van der Waals surface area contributed by atoms with Crippen LogP contribution in [-0.4, -0.2) is 14.4 Å². The Morgan fingerprint density at radius 1 is 1.31 bits per heavy atom. The Labute approximate surface area is 83.9 Å². The van der Waals surface area contributed by atoms with Crippen LogP contribution in [0, 0.1) is 0 Å². The van der Waals surface area contributed by atoms with E-state index in [4.69, 9.17) is 0 Å². The van der Waals surface area contributed by atoms with Gasteiger partial charge in [-0.2, -0.15) is 0 Å². The molecular weight excluding hydrogens is 230 g/mol. The van der Waals surface area contributed by atoms with Gasteiger partial charge in [0.25, 0.3) is 0 Å². The second kappa shape index (κ2) is 2.54. The number of imidazole rings is 1. The van der Waals surface area contributed by atoms with Gasteiger partial charge in [0, 0.05) is 17.8 Å². The van der Waals surface area contributed by atoms with E-state index in [1.54, 1.807) is 6.20 Å². The Balaban J connectivity index is 2.36. The maximum absolute atomic E-state index is 4.24. The van der Waals surface area contributed by atoms with Crippen LogP contribution in [0.1, 0.15) is 24.5 Å². The topological polar surface area (TPSA) is 30.2 Å². The number of rotatable bonds is 1. The maximum Gasteiger partial charge on any atom is 0.156 e. The van der Waals surface area contributed by atoms with Crippen molar-refractivity contribution in [3.63, 3.8) is 0 Å². The van der Waals surface area contributed by atoms with E-state index in [9.17, 15) is 0 Å². The van der Waals surface area contributed by atoms with E-state index in [1.807, 2.05) is 12.4 Å². The molecule has 1 aliphatic rings. The zero-order chi connectivity index (χ0) is 8.84. The summed E-state index contributed by atoms with van der Waals surface area (Å²) >= 11 is 3.49. The average molecular weight is 238 g/mol. The third kappa shape index (κ3) is 1.09. The summed E-state index contributed by atoms with van der Waals surface area (Å²) in [6.45, 7) is 0. The molecule has 13 heavy (non-hydrogen) atoms. The van der Waals surface area contributed by atoms with Crippen LogP contribution >= 0.6 is 15.9 Å². The lowest BCUT2D eigenvalue weighted by atomic mass is 10.3. The van der Waals surface area contributed by atoms with E-state index < -0.39 is 0 Å². The van der Waals surface area contributed by atoms with Gasteiger partial charge in [0.1, 0.15) is 4.60 Å². The molecule has 0 saturated heterocycles. The first-order valence-corrected chi connectivity index (χ1v) is 5.12. The summed E-state index contributed by atoms with van der Waals surface area (Å²) in [6, 6.07) is 0. The van der Waals surface area contributed by atoms with Gasteiger partial charge in [-0.15, -0.1) is 0 Å². The van der Waals surface area contributed by atoms with E-state index >= 15 is 0 Å². The Morgan fingerprint density at radius 3 is 2.92 bits per heavy atom. The van der Waals surface area contributed by atoms with Crippen LogP contribution < -0.4 is 0 Å². The van der Waals surface area contributed by atoms with Crippen molar-refractivity contribution in [2.24, 2.45) is 0 Å². The molecule has 4 heteroatoms. The second-order valence-electron chi connectivity index (χ2n) is 3.38. The summed E-state index contributed by atoms with van der Waals surface area (Å²) in [5.41, 5.74) is 2.21. The summed E-state index contributed by atoms with van der Waals surface area (Å²) in [5, 5.41) is 0. The molecule has 1 aliphatic carbocycles. The normalized spacial score (nSPS) is 16.7. The van der Waals surface area contributed by atoms with Crippen LogP contribution in [0.15, 0.2) is 23.2 Å². The van der Waals surface area contributed by atoms with Gasteiger partial charge in [0.15, 0.2) is 5.65 Å². The Kier molecular flexibility index (Phi) is 1.47. The second-order valence-corrected chi connectivity index (χ2v) is 4.19. The molecule has 3 rings (SSSR count). The summed E-state index contributed by atoms with van der Waals surface area (Å²) in [4.78, 5) is 8.43. The predicted octanol–water partition coefficient (Wildman–Crippen LogP) is 2.37. The van der Waals surface area contributed by atoms with Crippen molar-refractivity contribution in [3.8, 4) is 0 Å². The fraction of sp³-hybridized carbons (Fsp3) is 0.333. The fourth-order valence-electron chi connectivity index (χ4n) is 1.60. The minimum absolute atomic E-state index is 0.696. The molecule has 2 heterocycles.